The van der Waals surface area contributed by atoms with Crippen LogP contribution in [-0.4, -0.2) is 35.1 Å². The van der Waals surface area contributed by atoms with Crippen LogP contribution in [0.2, 0.25) is 0 Å². The third kappa shape index (κ3) is 6.04. The second-order valence-corrected chi connectivity index (χ2v) is 10.7. The van der Waals surface area contributed by atoms with Crippen molar-refractivity contribution in [3.63, 3.8) is 0 Å². The summed E-state index contributed by atoms with van der Waals surface area (Å²) in [6.07, 6.45) is 4.40. The molecule has 0 saturated carbocycles. The molecule has 1 N–H and O–H groups in total. The third-order valence-electron chi connectivity index (χ3n) is 7.74. The molecule has 42 heavy (non-hydrogen) atoms. The Balaban J connectivity index is 1.50. The molecule has 0 amide bonds. The standard InChI is InChI=1S/C34H33N7O/c1-24-18-29-20-30(34(42)36-31(29)19-25(24)2)32(33-37-38-39-41(33)17-15-26-10-5-3-6-11-26)40(22-27-12-7-4-8-13-27)23-28-14-9-16-35-21-28/h3-14,16,18-21,32H,15,17,22-23H2,1-2H3,(H,36,42). The molecule has 8 nitrogen and oxygen atoms in total. The highest BCUT2D eigenvalue weighted by atomic mass is 16.1. The highest BCUT2D eigenvalue weighted by Crippen LogP contribution is 2.30. The van der Waals surface area contributed by atoms with Crippen LogP contribution in [-0.2, 0) is 26.1 Å². The van der Waals surface area contributed by atoms with E-state index in [4.69, 9.17) is 0 Å². The summed E-state index contributed by atoms with van der Waals surface area (Å²) in [5.41, 5.74) is 6.91. The Bertz CT molecular complexity index is 1790. The minimum absolute atomic E-state index is 0.155. The van der Waals surface area contributed by atoms with Crippen molar-refractivity contribution in [1.82, 2.24) is 35.1 Å². The quantitative estimate of drug-likeness (QED) is 0.238. The van der Waals surface area contributed by atoms with Crippen LogP contribution >= 0.6 is 0 Å². The Labute approximate surface area is 244 Å². The van der Waals surface area contributed by atoms with Crippen LogP contribution in [0.3, 0.4) is 0 Å². The molecule has 210 valence electrons. The summed E-state index contributed by atoms with van der Waals surface area (Å²) in [4.78, 5) is 23.7. The molecule has 0 fully saturated rings. The monoisotopic (exact) mass is 555 g/mol. The SMILES string of the molecule is Cc1cc2cc(C(c3nnnn3CCc3ccccc3)N(Cc3ccccc3)Cc3cccnc3)c(=O)[nH]c2cc1C. The molecule has 6 rings (SSSR count). The second kappa shape index (κ2) is 12.3. The Morgan fingerprint density at radius 3 is 2.26 bits per heavy atom. The van der Waals surface area contributed by atoms with Gasteiger partial charge in [0, 0.05) is 43.1 Å². The minimum atomic E-state index is -0.522. The van der Waals surface area contributed by atoms with E-state index in [2.05, 4.69) is 80.6 Å². The molecular weight excluding hydrogens is 522 g/mol. The first-order chi connectivity index (χ1) is 20.5. The normalized spacial score (nSPS) is 12.2. The lowest BCUT2D eigenvalue weighted by molar-refractivity contribution is 0.193. The number of benzene rings is 3. The number of nitrogens with zero attached hydrogens (tertiary/aromatic N) is 6. The van der Waals surface area contributed by atoms with Gasteiger partial charge in [0.2, 0.25) is 0 Å². The number of hydrogen-bond donors (Lipinski definition) is 1. The van der Waals surface area contributed by atoms with Gasteiger partial charge in [0.1, 0.15) is 6.04 Å². The molecule has 0 saturated heterocycles. The topological polar surface area (TPSA) is 92.6 Å². The first kappa shape index (κ1) is 27.2. The maximum atomic E-state index is 13.9. The van der Waals surface area contributed by atoms with Crippen molar-refractivity contribution in [2.75, 3.05) is 0 Å². The molecule has 0 aliphatic carbocycles. The lowest BCUT2D eigenvalue weighted by atomic mass is 9.99. The zero-order chi connectivity index (χ0) is 28.9. The Morgan fingerprint density at radius 2 is 1.52 bits per heavy atom. The Morgan fingerprint density at radius 1 is 0.833 bits per heavy atom. The average molecular weight is 556 g/mol. The van der Waals surface area contributed by atoms with Gasteiger partial charge in [-0.15, -0.1) is 5.10 Å². The summed E-state index contributed by atoms with van der Waals surface area (Å²) < 4.78 is 1.84. The third-order valence-corrected chi connectivity index (χ3v) is 7.74. The van der Waals surface area contributed by atoms with E-state index < -0.39 is 6.04 Å². The molecule has 1 atom stereocenters. The fourth-order valence-electron chi connectivity index (χ4n) is 5.42. The fourth-order valence-corrected chi connectivity index (χ4v) is 5.42. The zero-order valence-electron chi connectivity index (χ0n) is 23.8. The van der Waals surface area contributed by atoms with Crippen LogP contribution in [0.25, 0.3) is 10.9 Å². The van der Waals surface area contributed by atoms with Gasteiger partial charge >= 0.3 is 0 Å². The van der Waals surface area contributed by atoms with Crippen LogP contribution in [0.15, 0.2) is 108 Å². The van der Waals surface area contributed by atoms with E-state index in [1.807, 2.05) is 65.5 Å². The highest BCUT2D eigenvalue weighted by Gasteiger charge is 2.31. The number of hydrogen-bond acceptors (Lipinski definition) is 6. The van der Waals surface area contributed by atoms with Gasteiger partial charge in [-0.1, -0.05) is 66.7 Å². The van der Waals surface area contributed by atoms with Gasteiger partial charge in [0.25, 0.3) is 5.56 Å². The van der Waals surface area contributed by atoms with Crippen LogP contribution in [0.4, 0.5) is 0 Å². The molecule has 3 aromatic heterocycles. The van der Waals surface area contributed by atoms with Gasteiger partial charge in [0.05, 0.1) is 0 Å². The van der Waals surface area contributed by atoms with E-state index in [1.54, 1.807) is 6.20 Å². The van der Waals surface area contributed by atoms with Crippen LogP contribution in [0, 0.1) is 13.8 Å². The number of aryl methyl sites for hydroxylation is 4. The van der Waals surface area contributed by atoms with Crippen molar-refractivity contribution in [2.24, 2.45) is 0 Å². The van der Waals surface area contributed by atoms with E-state index in [0.29, 0.717) is 31.0 Å². The summed E-state index contributed by atoms with van der Waals surface area (Å²) in [6.45, 7) is 5.85. The Hall–Kier alpha value is -4.95. The number of aromatic amines is 1. The lowest BCUT2D eigenvalue weighted by Crippen LogP contribution is -2.35. The molecule has 0 radical (unpaired) electrons. The largest absolute Gasteiger partial charge is 0.322 e. The minimum Gasteiger partial charge on any atom is -0.322 e. The number of nitrogens with one attached hydrogen (secondary N) is 1. The van der Waals surface area contributed by atoms with Gasteiger partial charge in [-0.25, -0.2) is 4.68 Å². The van der Waals surface area contributed by atoms with E-state index in [1.165, 1.54) is 11.1 Å². The first-order valence-electron chi connectivity index (χ1n) is 14.2. The molecule has 3 heterocycles. The molecule has 0 bridgehead atoms. The molecule has 3 aromatic carbocycles. The van der Waals surface area contributed by atoms with E-state index in [9.17, 15) is 4.79 Å². The van der Waals surface area contributed by atoms with Crippen LogP contribution < -0.4 is 5.56 Å². The van der Waals surface area contributed by atoms with Crippen molar-refractivity contribution in [2.45, 2.75) is 45.9 Å². The molecule has 0 aliphatic rings. The lowest BCUT2D eigenvalue weighted by Gasteiger charge is -2.31. The molecule has 8 heteroatoms. The van der Waals surface area contributed by atoms with E-state index in [-0.39, 0.29) is 5.56 Å². The smallest absolute Gasteiger partial charge is 0.253 e. The molecule has 6 aromatic rings. The number of rotatable bonds is 10. The van der Waals surface area contributed by atoms with Crippen molar-refractivity contribution in [3.8, 4) is 0 Å². The molecule has 0 spiro atoms. The average Bonchev–Trinajstić information content (AvgIpc) is 3.47. The van der Waals surface area contributed by atoms with E-state index in [0.717, 1.165) is 34.0 Å². The predicted molar refractivity (Wildman–Crippen MR) is 164 cm³/mol. The van der Waals surface area contributed by atoms with Crippen molar-refractivity contribution in [3.05, 3.63) is 153 Å². The second-order valence-electron chi connectivity index (χ2n) is 10.7. The number of fused-ring (bicyclic) bond motifs is 1. The molecular formula is C34H33N7O. The number of pyridine rings is 2. The number of aromatic nitrogens is 6. The molecule has 0 aliphatic heterocycles. The van der Waals surface area contributed by atoms with E-state index >= 15 is 0 Å². The molecule has 1 unspecified atom stereocenters. The summed E-state index contributed by atoms with van der Waals surface area (Å²) in [6, 6.07) is 30.2. The predicted octanol–water partition coefficient (Wildman–Crippen LogP) is 5.56. The van der Waals surface area contributed by atoms with Gasteiger partial charge in [-0.05, 0) is 88.2 Å². The zero-order valence-corrected chi connectivity index (χ0v) is 23.8. The highest BCUT2D eigenvalue weighted by molar-refractivity contribution is 5.81. The van der Waals surface area contributed by atoms with Crippen LogP contribution in [0.1, 0.15) is 45.2 Å². The summed E-state index contributed by atoms with van der Waals surface area (Å²) >= 11 is 0. The maximum Gasteiger partial charge on any atom is 0.253 e. The number of tetrazole rings is 1. The Kier molecular flexibility index (Phi) is 7.96. The maximum absolute atomic E-state index is 13.9. The van der Waals surface area contributed by atoms with Gasteiger partial charge in [-0.3, -0.25) is 14.7 Å². The van der Waals surface area contributed by atoms with Gasteiger partial charge < -0.3 is 4.98 Å². The van der Waals surface area contributed by atoms with Crippen LogP contribution in [0.5, 0.6) is 0 Å². The first-order valence-corrected chi connectivity index (χ1v) is 14.2. The van der Waals surface area contributed by atoms with Gasteiger partial charge in [0.15, 0.2) is 5.82 Å². The summed E-state index contributed by atoms with van der Waals surface area (Å²) in [5.74, 6) is 0.624. The van der Waals surface area contributed by atoms with Gasteiger partial charge in [-0.2, -0.15) is 0 Å². The van der Waals surface area contributed by atoms with Crippen molar-refractivity contribution in [1.29, 1.82) is 0 Å². The van der Waals surface area contributed by atoms with Crippen molar-refractivity contribution >= 4 is 10.9 Å². The summed E-state index contributed by atoms with van der Waals surface area (Å²) in [5, 5.41) is 14.0. The van der Waals surface area contributed by atoms with Crippen molar-refractivity contribution < 1.29 is 0 Å². The fraction of sp³-hybridized carbons (Fsp3) is 0.206. The number of H-pyrrole nitrogens is 1. The summed E-state index contributed by atoms with van der Waals surface area (Å²) in [7, 11) is 0.